The van der Waals surface area contributed by atoms with Crippen LogP contribution in [0.4, 0.5) is 14.5 Å². The molecule has 1 aliphatic rings. The van der Waals surface area contributed by atoms with Gasteiger partial charge in [0, 0.05) is 6.04 Å². The number of hydrogen-bond donors (Lipinski definition) is 2. The molecule has 0 unspecified atom stereocenters. The fourth-order valence-electron chi connectivity index (χ4n) is 1.64. The molecule has 0 spiro atoms. The van der Waals surface area contributed by atoms with Crippen molar-refractivity contribution in [3.8, 4) is 0 Å². The lowest BCUT2D eigenvalue weighted by molar-refractivity contribution is -0.119. The molecule has 1 fully saturated rings. The zero-order chi connectivity index (χ0) is 14.8. The predicted octanol–water partition coefficient (Wildman–Crippen LogP) is 1.37. The molecular formula is C12H14F2N2O3S. The first-order valence-corrected chi connectivity index (χ1v) is 7.60. The Morgan fingerprint density at radius 1 is 1.30 bits per heavy atom. The number of hydrogen-bond acceptors (Lipinski definition) is 4. The van der Waals surface area contributed by atoms with Crippen molar-refractivity contribution in [2.45, 2.75) is 29.5 Å². The van der Waals surface area contributed by atoms with Crippen molar-refractivity contribution in [1.82, 2.24) is 5.32 Å². The highest BCUT2D eigenvalue weighted by Gasteiger charge is 2.29. The van der Waals surface area contributed by atoms with E-state index in [1.165, 1.54) is 18.2 Å². The summed E-state index contributed by atoms with van der Waals surface area (Å²) < 4.78 is 48.1. The summed E-state index contributed by atoms with van der Waals surface area (Å²) in [7, 11) is -4.69. The monoisotopic (exact) mass is 304 g/mol. The summed E-state index contributed by atoms with van der Waals surface area (Å²) in [6.45, 7) is -0.160. The van der Waals surface area contributed by atoms with Gasteiger partial charge in [-0.3, -0.25) is 4.79 Å². The maximum Gasteiger partial charge on any atom is 0.341 e. The highest BCUT2D eigenvalue weighted by molar-refractivity contribution is 7.91. The molecule has 0 aromatic heterocycles. The summed E-state index contributed by atoms with van der Waals surface area (Å²) in [6.07, 6.45) is 1.87. The average Bonchev–Trinajstić information content (AvgIpc) is 3.20. The van der Waals surface area contributed by atoms with Gasteiger partial charge in [-0.2, -0.15) is 8.78 Å². The number of anilines is 1. The fraction of sp³-hybridized carbons (Fsp3) is 0.417. The second-order valence-corrected chi connectivity index (χ2v) is 6.38. The Morgan fingerprint density at radius 2 is 1.95 bits per heavy atom. The lowest BCUT2D eigenvalue weighted by atomic mass is 10.3. The standard InChI is InChI=1S/C12H14F2N2O3S/c13-12(14)20(18,19)10-4-2-1-3-9(10)15-7-11(17)16-8-5-6-8/h1-4,8,12,15H,5-7H2,(H,16,17). The van der Waals surface area contributed by atoms with Gasteiger partial charge in [-0.1, -0.05) is 12.1 Å². The van der Waals surface area contributed by atoms with E-state index in [4.69, 9.17) is 0 Å². The summed E-state index contributed by atoms with van der Waals surface area (Å²) in [5.41, 5.74) is -0.00116. The van der Waals surface area contributed by atoms with Crippen molar-refractivity contribution in [2.75, 3.05) is 11.9 Å². The molecule has 1 aliphatic carbocycles. The number of sulfone groups is 1. The second-order valence-electron chi connectivity index (χ2n) is 4.50. The minimum Gasteiger partial charge on any atom is -0.375 e. The van der Waals surface area contributed by atoms with Gasteiger partial charge < -0.3 is 10.6 Å². The van der Waals surface area contributed by atoms with Gasteiger partial charge >= 0.3 is 5.76 Å². The third kappa shape index (κ3) is 3.44. The molecule has 0 heterocycles. The van der Waals surface area contributed by atoms with E-state index in [0.29, 0.717) is 0 Å². The average molecular weight is 304 g/mol. The van der Waals surface area contributed by atoms with Crippen molar-refractivity contribution >= 4 is 21.4 Å². The number of carbonyl (C=O) groups excluding carboxylic acids is 1. The summed E-state index contributed by atoms with van der Waals surface area (Å²) in [6, 6.07) is 5.47. The second kappa shape index (κ2) is 5.74. The van der Waals surface area contributed by atoms with E-state index < -0.39 is 20.5 Å². The molecule has 2 N–H and O–H groups in total. The number of carbonyl (C=O) groups is 1. The van der Waals surface area contributed by atoms with Crippen LogP contribution in [0.5, 0.6) is 0 Å². The van der Waals surface area contributed by atoms with Crippen LogP contribution in [0.15, 0.2) is 29.2 Å². The summed E-state index contributed by atoms with van der Waals surface area (Å²) >= 11 is 0. The number of benzene rings is 1. The highest BCUT2D eigenvalue weighted by Crippen LogP contribution is 2.26. The number of nitrogens with one attached hydrogen (secondary N) is 2. The molecule has 1 aromatic rings. The van der Waals surface area contributed by atoms with Gasteiger partial charge in [0.2, 0.25) is 15.7 Å². The molecule has 0 aliphatic heterocycles. The van der Waals surface area contributed by atoms with Crippen LogP contribution in [0.25, 0.3) is 0 Å². The van der Waals surface area contributed by atoms with Gasteiger partial charge in [0.1, 0.15) is 0 Å². The molecule has 0 saturated heterocycles. The molecule has 110 valence electrons. The predicted molar refractivity (Wildman–Crippen MR) is 69.3 cm³/mol. The van der Waals surface area contributed by atoms with E-state index in [1.54, 1.807) is 0 Å². The molecule has 1 amide bonds. The van der Waals surface area contributed by atoms with Crippen LogP contribution in [0.2, 0.25) is 0 Å². The van der Waals surface area contributed by atoms with Crippen LogP contribution >= 0.6 is 0 Å². The van der Waals surface area contributed by atoms with Crippen molar-refractivity contribution in [3.05, 3.63) is 24.3 Å². The first-order valence-electron chi connectivity index (χ1n) is 6.05. The number of para-hydroxylation sites is 1. The van der Waals surface area contributed by atoms with Gasteiger partial charge in [0.05, 0.1) is 17.1 Å². The molecule has 1 aromatic carbocycles. The lowest BCUT2D eigenvalue weighted by Gasteiger charge is -2.12. The summed E-state index contributed by atoms with van der Waals surface area (Å²) in [5.74, 6) is -3.79. The molecular weight excluding hydrogens is 290 g/mol. The van der Waals surface area contributed by atoms with Crippen molar-refractivity contribution in [2.24, 2.45) is 0 Å². The van der Waals surface area contributed by atoms with E-state index >= 15 is 0 Å². The van der Waals surface area contributed by atoms with E-state index in [0.717, 1.165) is 18.9 Å². The molecule has 5 nitrogen and oxygen atoms in total. The summed E-state index contributed by atoms with van der Waals surface area (Å²) in [5, 5.41) is 5.29. The van der Waals surface area contributed by atoms with Gasteiger partial charge in [-0.05, 0) is 25.0 Å². The van der Waals surface area contributed by atoms with Crippen LogP contribution in [0.1, 0.15) is 12.8 Å². The lowest BCUT2D eigenvalue weighted by Crippen LogP contribution is -2.31. The maximum atomic E-state index is 12.6. The van der Waals surface area contributed by atoms with E-state index in [1.807, 2.05) is 0 Å². The van der Waals surface area contributed by atoms with E-state index in [-0.39, 0.29) is 24.2 Å². The Hall–Kier alpha value is -1.70. The Kier molecular flexibility index (Phi) is 4.22. The van der Waals surface area contributed by atoms with Crippen LogP contribution in [-0.4, -0.2) is 32.7 Å². The molecule has 0 bridgehead atoms. The zero-order valence-electron chi connectivity index (χ0n) is 10.5. The van der Waals surface area contributed by atoms with Crippen molar-refractivity contribution in [3.63, 3.8) is 0 Å². The van der Waals surface area contributed by atoms with Crippen LogP contribution in [-0.2, 0) is 14.6 Å². The number of alkyl halides is 2. The third-order valence-electron chi connectivity index (χ3n) is 2.81. The van der Waals surface area contributed by atoms with E-state index in [9.17, 15) is 22.0 Å². The molecule has 0 radical (unpaired) electrons. The fourth-order valence-corrected chi connectivity index (χ4v) is 2.55. The smallest absolute Gasteiger partial charge is 0.341 e. The Morgan fingerprint density at radius 3 is 2.55 bits per heavy atom. The minimum atomic E-state index is -4.69. The first-order chi connectivity index (χ1) is 9.41. The highest BCUT2D eigenvalue weighted by atomic mass is 32.2. The van der Waals surface area contributed by atoms with Gasteiger partial charge in [0.25, 0.3) is 0 Å². The molecule has 0 atom stereocenters. The van der Waals surface area contributed by atoms with Crippen LogP contribution < -0.4 is 10.6 Å². The molecule has 20 heavy (non-hydrogen) atoms. The minimum absolute atomic E-state index is 0.00116. The van der Waals surface area contributed by atoms with Gasteiger partial charge in [0.15, 0.2) is 0 Å². The van der Waals surface area contributed by atoms with Gasteiger partial charge in [-0.15, -0.1) is 0 Å². The first kappa shape index (κ1) is 14.7. The number of rotatable bonds is 6. The molecule has 1 saturated carbocycles. The normalized spacial score (nSPS) is 15.2. The summed E-state index contributed by atoms with van der Waals surface area (Å²) in [4.78, 5) is 11.0. The molecule has 2 rings (SSSR count). The Balaban J connectivity index is 2.09. The Labute approximate surface area is 115 Å². The zero-order valence-corrected chi connectivity index (χ0v) is 11.3. The molecule has 8 heteroatoms. The van der Waals surface area contributed by atoms with Gasteiger partial charge in [-0.25, -0.2) is 8.42 Å². The largest absolute Gasteiger partial charge is 0.375 e. The number of amides is 1. The van der Waals surface area contributed by atoms with Crippen LogP contribution in [0, 0.1) is 0 Å². The van der Waals surface area contributed by atoms with Crippen LogP contribution in [0.3, 0.4) is 0 Å². The van der Waals surface area contributed by atoms with E-state index in [2.05, 4.69) is 10.6 Å². The SMILES string of the molecule is O=C(CNc1ccccc1S(=O)(=O)C(F)F)NC1CC1. The maximum absolute atomic E-state index is 12.6. The van der Waals surface area contributed by atoms with Crippen molar-refractivity contribution < 1.29 is 22.0 Å². The quantitative estimate of drug-likeness (QED) is 0.832. The van der Waals surface area contributed by atoms with Crippen molar-refractivity contribution in [1.29, 1.82) is 0 Å². The topological polar surface area (TPSA) is 75.3 Å². The Bertz CT molecular complexity index is 600. The number of halogens is 2. The third-order valence-corrected chi connectivity index (χ3v) is 4.25.